The van der Waals surface area contributed by atoms with Crippen molar-refractivity contribution >= 4 is 11.9 Å². The highest BCUT2D eigenvalue weighted by Gasteiger charge is 2.68. The largest absolute Gasteiger partial charge is 0.481 e. The Kier molecular flexibility index (Phi) is 2.05. The van der Waals surface area contributed by atoms with Crippen LogP contribution in [0.5, 0.6) is 0 Å². The summed E-state index contributed by atoms with van der Waals surface area (Å²) in [6.07, 6.45) is 1.02. The zero-order valence-electron chi connectivity index (χ0n) is 8.87. The van der Waals surface area contributed by atoms with Crippen molar-refractivity contribution in [3.63, 3.8) is 0 Å². The highest BCUT2D eigenvalue weighted by Crippen LogP contribution is 2.59. The lowest BCUT2D eigenvalue weighted by atomic mass is 9.60. The van der Waals surface area contributed by atoms with Gasteiger partial charge in [0.05, 0.1) is 23.7 Å². The molecule has 3 rings (SSSR count). The maximum absolute atomic E-state index is 11.0. The van der Waals surface area contributed by atoms with Gasteiger partial charge in [-0.3, -0.25) is 9.59 Å². The van der Waals surface area contributed by atoms with Crippen LogP contribution in [0.3, 0.4) is 0 Å². The van der Waals surface area contributed by atoms with E-state index in [1.807, 2.05) is 6.92 Å². The number of amides is 1. The van der Waals surface area contributed by atoms with Crippen LogP contribution in [0.25, 0.3) is 0 Å². The maximum atomic E-state index is 11.0. The molecule has 1 atom stereocenters. The Morgan fingerprint density at radius 1 is 1.47 bits per heavy atom. The number of carboxylic acid groups (broad SMARTS) is 1. The fourth-order valence-corrected chi connectivity index (χ4v) is 2.66. The number of nitrogens with one attached hydrogen (secondary N) is 1. The van der Waals surface area contributed by atoms with Crippen LogP contribution in [0.1, 0.15) is 26.7 Å². The molecule has 1 amide bonds. The SMILES string of the molecule is CC(=O)NC(C)C12CC(C(=O)O)(CO1)C2. The molecule has 1 saturated carbocycles. The van der Waals surface area contributed by atoms with Crippen LogP contribution < -0.4 is 5.32 Å². The van der Waals surface area contributed by atoms with Crippen molar-refractivity contribution in [3.8, 4) is 0 Å². The Bertz CT molecular complexity index is 319. The van der Waals surface area contributed by atoms with Crippen LogP contribution in [0.4, 0.5) is 0 Å². The number of hydrogen-bond donors (Lipinski definition) is 2. The first-order chi connectivity index (χ1) is 6.90. The Labute approximate surface area is 87.8 Å². The molecular formula is C10H15NO4. The van der Waals surface area contributed by atoms with E-state index in [1.165, 1.54) is 6.92 Å². The first-order valence-corrected chi connectivity index (χ1v) is 5.05. The summed E-state index contributed by atoms with van der Waals surface area (Å²) in [7, 11) is 0. The monoisotopic (exact) mass is 213 g/mol. The highest BCUT2D eigenvalue weighted by atomic mass is 16.5. The third kappa shape index (κ3) is 1.33. The van der Waals surface area contributed by atoms with E-state index >= 15 is 0 Å². The van der Waals surface area contributed by atoms with Crippen LogP contribution in [-0.4, -0.2) is 35.2 Å². The van der Waals surface area contributed by atoms with Gasteiger partial charge in [0.25, 0.3) is 0 Å². The van der Waals surface area contributed by atoms with E-state index in [2.05, 4.69) is 5.32 Å². The normalized spacial score (nSPS) is 39.3. The highest BCUT2D eigenvalue weighted by molar-refractivity contribution is 5.78. The summed E-state index contributed by atoms with van der Waals surface area (Å²) in [5.74, 6) is -0.897. The van der Waals surface area contributed by atoms with Crippen molar-refractivity contribution in [3.05, 3.63) is 0 Å². The number of fused-ring (bicyclic) bond motifs is 1. The molecule has 1 aliphatic carbocycles. The van der Waals surface area contributed by atoms with Gasteiger partial charge in [0.2, 0.25) is 5.91 Å². The van der Waals surface area contributed by atoms with Crippen LogP contribution in [0.2, 0.25) is 0 Å². The van der Waals surface area contributed by atoms with Crippen LogP contribution in [-0.2, 0) is 14.3 Å². The molecule has 3 aliphatic rings. The van der Waals surface area contributed by atoms with Crippen molar-refractivity contribution < 1.29 is 19.4 Å². The molecule has 0 spiro atoms. The van der Waals surface area contributed by atoms with E-state index in [-0.39, 0.29) is 18.6 Å². The van der Waals surface area contributed by atoms with Crippen LogP contribution in [0.15, 0.2) is 0 Å². The quantitative estimate of drug-likeness (QED) is 0.699. The molecule has 0 aromatic carbocycles. The molecule has 2 heterocycles. The minimum Gasteiger partial charge on any atom is -0.481 e. The van der Waals surface area contributed by atoms with Crippen molar-refractivity contribution in [2.24, 2.45) is 5.41 Å². The molecule has 2 saturated heterocycles. The second kappa shape index (κ2) is 2.95. The summed E-state index contributed by atoms with van der Waals surface area (Å²) < 4.78 is 5.55. The number of aliphatic carboxylic acids is 1. The van der Waals surface area contributed by atoms with Crippen molar-refractivity contribution in [1.29, 1.82) is 0 Å². The summed E-state index contributed by atoms with van der Waals surface area (Å²) in [5.41, 5.74) is -1.13. The van der Waals surface area contributed by atoms with Gasteiger partial charge < -0.3 is 15.2 Å². The van der Waals surface area contributed by atoms with E-state index in [0.29, 0.717) is 12.8 Å². The zero-order chi connectivity index (χ0) is 11.3. The minimum atomic E-state index is -0.786. The molecule has 0 aromatic heterocycles. The van der Waals surface area contributed by atoms with Crippen molar-refractivity contribution in [2.45, 2.75) is 38.3 Å². The second-order valence-corrected chi connectivity index (χ2v) is 4.71. The van der Waals surface area contributed by atoms with E-state index < -0.39 is 17.0 Å². The fraction of sp³-hybridized carbons (Fsp3) is 0.800. The lowest BCUT2D eigenvalue weighted by molar-refractivity contribution is -0.155. The smallest absolute Gasteiger partial charge is 0.312 e. The first-order valence-electron chi connectivity index (χ1n) is 5.05. The summed E-state index contributed by atoms with van der Waals surface area (Å²) in [4.78, 5) is 21.9. The first kappa shape index (κ1) is 10.4. The van der Waals surface area contributed by atoms with Gasteiger partial charge in [-0.15, -0.1) is 0 Å². The summed E-state index contributed by atoms with van der Waals surface area (Å²) in [5, 5.41) is 11.8. The number of carbonyl (C=O) groups excluding carboxylic acids is 1. The molecule has 0 aromatic rings. The van der Waals surface area contributed by atoms with E-state index in [0.717, 1.165) is 0 Å². The molecule has 2 bridgehead atoms. The van der Waals surface area contributed by atoms with Gasteiger partial charge in [-0.2, -0.15) is 0 Å². The van der Waals surface area contributed by atoms with Gasteiger partial charge in [-0.1, -0.05) is 0 Å². The summed E-state index contributed by atoms with van der Waals surface area (Å²) in [6, 6.07) is -0.120. The third-order valence-corrected chi connectivity index (χ3v) is 3.57. The van der Waals surface area contributed by atoms with Gasteiger partial charge in [0.15, 0.2) is 0 Å². The molecular weight excluding hydrogens is 198 g/mol. The predicted octanol–water partition coefficient (Wildman–Crippen LogP) is 0.145. The van der Waals surface area contributed by atoms with Crippen molar-refractivity contribution in [1.82, 2.24) is 5.32 Å². The molecule has 5 nitrogen and oxygen atoms in total. The molecule has 1 unspecified atom stereocenters. The Morgan fingerprint density at radius 3 is 2.47 bits per heavy atom. The van der Waals surface area contributed by atoms with Gasteiger partial charge in [0.1, 0.15) is 0 Å². The number of ether oxygens (including phenoxy) is 1. The van der Waals surface area contributed by atoms with E-state index in [4.69, 9.17) is 9.84 Å². The van der Waals surface area contributed by atoms with Crippen LogP contribution >= 0.6 is 0 Å². The topological polar surface area (TPSA) is 75.6 Å². The molecule has 2 N–H and O–H groups in total. The Balaban J connectivity index is 2.04. The number of rotatable bonds is 3. The molecule has 0 radical (unpaired) electrons. The number of carboxylic acids is 1. The second-order valence-electron chi connectivity index (χ2n) is 4.71. The molecule has 15 heavy (non-hydrogen) atoms. The van der Waals surface area contributed by atoms with E-state index in [1.54, 1.807) is 0 Å². The average molecular weight is 213 g/mol. The lowest BCUT2D eigenvalue weighted by Crippen LogP contribution is -2.59. The molecule has 84 valence electrons. The molecule has 2 aliphatic heterocycles. The molecule has 3 fully saturated rings. The molecule has 5 heteroatoms. The van der Waals surface area contributed by atoms with Gasteiger partial charge in [-0.25, -0.2) is 0 Å². The minimum absolute atomic E-state index is 0.111. The third-order valence-electron chi connectivity index (χ3n) is 3.57. The van der Waals surface area contributed by atoms with Gasteiger partial charge in [0, 0.05) is 6.92 Å². The number of hydrogen-bond acceptors (Lipinski definition) is 3. The predicted molar refractivity (Wildman–Crippen MR) is 51.3 cm³/mol. The van der Waals surface area contributed by atoms with Crippen molar-refractivity contribution in [2.75, 3.05) is 6.61 Å². The van der Waals surface area contributed by atoms with E-state index in [9.17, 15) is 9.59 Å². The number of carbonyl (C=O) groups is 2. The standard InChI is InChI=1S/C10H15NO4/c1-6(11-7(2)12)10-3-9(4-10,5-15-10)8(13)14/h6H,3-5H2,1-2H3,(H,11,12)(H,13,14). The average Bonchev–Trinajstić information content (AvgIpc) is 2.55. The zero-order valence-corrected chi connectivity index (χ0v) is 8.87. The van der Waals surface area contributed by atoms with Gasteiger partial charge in [-0.05, 0) is 19.8 Å². The Hall–Kier alpha value is -1.10. The summed E-state index contributed by atoms with van der Waals surface area (Å²) >= 11 is 0. The lowest BCUT2D eigenvalue weighted by Gasteiger charge is -2.45. The maximum Gasteiger partial charge on any atom is 0.312 e. The Morgan fingerprint density at radius 2 is 2.07 bits per heavy atom. The van der Waals surface area contributed by atoms with Gasteiger partial charge >= 0.3 is 5.97 Å². The summed E-state index contributed by atoms with van der Waals surface area (Å²) in [6.45, 7) is 3.58. The fourth-order valence-electron chi connectivity index (χ4n) is 2.66. The van der Waals surface area contributed by atoms with Crippen LogP contribution in [0, 0.1) is 5.41 Å².